The predicted molar refractivity (Wildman–Crippen MR) is 155 cm³/mol. The number of halogens is 1. The van der Waals surface area contributed by atoms with E-state index in [1.54, 1.807) is 62.4 Å². The molecule has 3 aromatic carbocycles. The zero-order valence-electron chi connectivity index (χ0n) is 23.2. The van der Waals surface area contributed by atoms with E-state index >= 15 is 0 Å². The largest absolute Gasteiger partial charge is 0.497 e. The summed E-state index contributed by atoms with van der Waals surface area (Å²) >= 11 is 6.17. The predicted octanol–water partition coefficient (Wildman–Crippen LogP) is 4.41. The monoisotopic (exact) mass is 587 g/mol. The van der Waals surface area contributed by atoms with E-state index in [0.717, 1.165) is 9.87 Å². The van der Waals surface area contributed by atoms with Gasteiger partial charge >= 0.3 is 0 Å². The number of rotatable bonds is 12. The SMILES string of the molecule is CCNC(=O)[C@H](C)N(Cc1cccc(Cl)c1)C(=O)CN(c1cc(OC)ccc1OC)S(=O)(=O)c1ccc(C)cc1. The van der Waals surface area contributed by atoms with Crippen LogP contribution in [0.4, 0.5) is 5.69 Å². The van der Waals surface area contributed by atoms with E-state index in [-0.39, 0.29) is 28.8 Å². The topological polar surface area (TPSA) is 105 Å². The first-order valence-electron chi connectivity index (χ1n) is 12.6. The molecule has 40 heavy (non-hydrogen) atoms. The maximum Gasteiger partial charge on any atom is 0.264 e. The second-order valence-corrected chi connectivity index (χ2v) is 11.4. The molecule has 1 N–H and O–H groups in total. The van der Waals surface area contributed by atoms with Crippen molar-refractivity contribution in [2.45, 2.75) is 38.3 Å². The lowest BCUT2D eigenvalue weighted by Crippen LogP contribution is -2.51. The van der Waals surface area contributed by atoms with Gasteiger partial charge in [-0.2, -0.15) is 0 Å². The van der Waals surface area contributed by atoms with E-state index in [1.807, 2.05) is 6.92 Å². The van der Waals surface area contributed by atoms with Crippen molar-refractivity contribution in [1.29, 1.82) is 0 Å². The molecule has 0 saturated heterocycles. The summed E-state index contributed by atoms with van der Waals surface area (Å²) in [6.45, 7) is 5.02. The van der Waals surface area contributed by atoms with Gasteiger partial charge in [0.05, 0.1) is 24.8 Å². The molecule has 0 heterocycles. The van der Waals surface area contributed by atoms with Gasteiger partial charge in [0.25, 0.3) is 10.0 Å². The summed E-state index contributed by atoms with van der Waals surface area (Å²) in [6.07, 6.45) is 0. The van der Waals surface area contributed by atoms with Gasteiger partial charge in [-0.05, 0) is 62.7 Å². The van der Waals surface area contributed by atoms with E-state index < -0.39 is 28.5 Å². The molecule has 0 aliphatic heterocycles. The molecular weight excluding hydrogens is 554 g/mol. The third-order valence-corrected chi connectivity index (χ3v) is 8.31. The van der Waals surface area contributed by atoms with Crippen molar-refractivity contribution in [3.63, 3.8) is 0 Å². The lowest BCUT2D eigenvalue weighted by atomic mass is 10.1. The van der Waals surface area contributed by atoms with Gasteiger partial charge in [-0.1, -0.05) is 41.4 Å². The summed E-state index contributed by atoms with van der Waals surface area (Å²) in [5.41, 5.74) is 1.68. The molecule has 0 spiro atoms. The number of aryl methyl sites for hydroxylation is 1. The molecule has 1 atom stereocenters. The standard InChI is InChI=1S/C29H34ClN3O6S/c1-6-31-29(35)21(3)32(18-22-8-7-9-23(30)16-22)28(34)19-33(26-17-24(38-4)12-15-27(26)39-5)40(36,37)25-13-10-20(2)11-14-25/h7-17,21H,6,18-19H2,1-5H3,(H,31,35)/t21-/m0/s1. The Morgan fingerprint density at radius 1 is 1.00 bits per heavy atom. The normalized spacial score (nSPS) is 11.8. The van der Waals surface area contributed by atoms with Gasteiger partial charge < -0.3 is 19.7 Å². The Hall–Kier alpha value is -3.76. The Labute approximate surface area is 240 Å². The van der Waals surface area contributed by atoms with Crippen LogP contribution in [0.25, 0.3) is 0 Å². The molecule has 9 nitrogen and oxygen atoms in total. The van der Waals surface area contributed by atoms with Gasteiger partial charge in [0.15, 0.2) is 0 Å². The molecule has 11 heteroatoms. The number of nitrogens with one attached hydrogen (secondary N) is 1. The van der Waals surface area contributed by atoms with Crippen molar-refractivity contribution in [2.24, 2.45) is 0 Å². The first-order valence-corrected chi connectivity index (χ1v) is 14.5. The zero-order valence-corrected chi connectivity index (χ0v) is 24.8. The van der Waals surface area contributed by atoms with Crippen molar-refractivity contribution in [1.82, 2.24) is 10.2 Å². The van der Waals surface area contributed by atoms with Crippen molar-refractivity contribution < 1.29 is 27.5 Å². The van der Waals surface area contributed by atoms with Crippen LogP contribution < -0.4 is 19.1 Å². The molecule has 0 radical (unpaired) electrons. The molecule has 0 aromatic heterocycles. The molecular formula is C29H34ClN3O6S. The molecule has 0 bridgehead atoms. The minimum Gasteiger partial charge on any atom is -0.497 e. The number of anilines is 1. The fraction of sp³-hybridized carbons (Fsp3) is 0.310. The van der Waals surface area contributed by atoms with Crippen molar-refractivity contribution in [2.75, 3.05) is 31.6 Å². The summed E-state index contributed by atoms with van der Waals surface area (Å²) < 4.78 is 39.9. The lowest BCUT2D eigenvalue weighted by Gasteiger charge is -2.32. The fourth-order valence-electron chi connectivity index (χ4n) is 4.08. The second kappa shape index (κ2) is 13.5. The Morgan fingerprint density at radius 3 is 2.30 bits per heavy atom. The average Bonchev–Trinajstić information content (AvgIpc) is 2.94. The number of methoxy groups -OCH3 is 2. The first kappa shape index (κ1) is 30.8. The summed E-state index contributed by atoms with van der Waals surface area (Å²) in [5.74, 6) is -0.370. The van der Waals surface area contributed by atoms with Gasteiger partial charge in [-0.3, -0.25) is 13.9 Å². The van der Waals surface area contributed by atoms with Gasteiger partial charge in [-0.25, -0.2) is 8.42 Å². The molecule has 0 unspecified atom stereocenters. The van der Waals surface area contributed by atoms with Gasteiger partial charge in [-0.15, -0.1) is 0 Å². The van der Waals surface area contributed by atoms with E-state index in [4.69, 9.17) is 21.1 Å². The summed E-state index contributed by atoms with van der Waals surface area (Å²) in [7, 11) is -1.40. The van der Waals surface area contributed by atoms with E-state index in [2.05, 4.69) is 5.32 Å². The van der Waals surface area contributed by atoms with Gasteiger partial charge in [0.2, 0.25) is 11.8 Å². The highest BCUT2D eigenvalue weighted by molar-refractivity contribution is 7.92. The van der Waals surface area contributed by atoms with E-state index in [9.17, 15) is 18.0 Å². The van der Waals surface area contributed by atoms with E-state index in [1.165, 1.54) is 37.3 Å². The Morgan fingerprint density at radius 2 is 1.70 bits per heavy atom. The van der Waals surface area contributed by atoms with Crippen molar-refractivity contribution >= 4 is 39.1 Å². The van der Waals surface area contributed by atoms with Gasteiger partial charge in [0.1, 0.15) is 24.1 Å². The Kier molecular flexibility index (Phi) is 10.4. The summed E-state index contributed by atoms with van der Waals surface area (Å²) in [5, 5.41) is 3.20. The maximum atomic E-state index is 14.0. The number of ether oxygens (including phenoxy) is 2. The number of likely N-dealkylation sites (N-methyl/N-ethyl adjacent to an activating group) is 1. The molecule has 0 fully saturated rings. The van der Waals surface area contributed by atoms with Crippen LogP contribution in [0.2, 0.25) is 5.02 Å². The molecule has 214 valence electrons. The van der Waals surface area contributed by atoms with Crippen LogP contribution in [0.1, 0.15) is 25.0 Å². The lowest BCUT2D eigenvalue weighted by molar-refractivity contribution is -0.139. The third kappa shape index (κ3) is 7.25. The van der Waals surface area contributed by atoms with Crippen LogP contribution in [0.5, 0.6) is 11.5 Å². The summed E-state index contributed by atoms with van der Waals surface area (Å²) in [4.78, 5) is 28.2. The molecule has 0 aliphatic rings. The van der Waals surface area contributed by atoms with Crippen LogP contribution in [0, 0.1) is 6.92 Å². The van der Waals surface area contributed by atoms with Crippen LogP contribution >= 0.6 is 11.6 Å². The summed E-state index contributed by atoms with van der Waals surface area (Å²) in [6, 6.07) is 17.0. The smallest absolute Gasteiger partial charge is 0.264 e. The quantitative estimate of drug-likeness (QED) is 0.336. The molecule has 3 rings (SSSR count). The number of amides is 2. The molecule has 2 amide bonds. The van der Waals surface area contributed by atoms with Crippen LogP contribution in [-0.4, -0.2) is 58.5 Å². The second-order valence-electron chi connectivity index (χ2n) is 9.08. The number of sulfonamides is 1. The van der Waals surface area contributed by atoms with E-state index in [0.29, 0.717) is 22.9 Å². The van der Waals surface area contributed by atoms with Crippen molar-refractivity contribution in [3.05, 3.63) is 82.9 Å². The van der Waals surface area contributed by atoms with Crippen LogP contribution in [0.15, 0.2) is 71.6 Å². The highest BCUT2D eigenvalue weighted by Gasteiger charge is 2.34. The highest BCUT2D eigenvalue weighted by Crippen LogP contribution is 2.36. The van der Waals surface area contributed by atoms with Gasteiger partial charge in [0, 0.05) is 24.2 Å². The number of benzene rings is 3. The maximum absolute atomic E-state index is 14.0. The minimum absolute atomic E-state index is 0.00561. The van der Waals surface area contributed by atoms with Crippen molar-refractivity contribution in [3.8, 4) is 11.5 Å². The van der Waals surface area contributed by atoms with Crippen LogP contribution in [-0.2, 0) is 26.2 Å². The number of carbonyl (C=O) groups excluding carboxylic acids is 2. The molecule has 3 aromatic rings. The number of nitrogens with zero attached hydrogens (tertiary/aromatic N) is 2. The Balaban J connectivity index is 2.12. The molecule has 0 saturated carbocycles. The third-order valence-electron chi connectivity index (χ3n) is 6.30. The minimum atomic E-state index is -4.26. The highest BCUT2D eigenvalue weighted by atomic mass is 35.5. The average molecular weight is 588 g/mol. The first-order chi connectivity index (χ1) is 19.0. The Bertz CT molecular complexity index is 1450. The van der Waals surface area contributed by atoms with Crippen LogP contribution in [0.3, 0.4) is 0 Å². The zero-order chi connectivity index (χ0) is 29.4. The molecule has 0 aliphatic carbocycles. The fourth-order valence-corrected chi connectivity index (χ4v) is 5.71. The number of hydrogen-bond donors (Lipinski definition) is 1. The number of hydrogen-bond acceptors (Lipinski definition) is 6. The number of carbonyl (C=O) groups is 2.